The normalized spacial score (nSPS) is 22.0. The molecule has 2 N–H and O–H groups in total. The van der Waals surface area contributed by atoms with Gasteiger partial charge in [0, 0.05) is 6.61 Å². The van der Waals surface area contributed by atoms with E-state index in [1.807, 2.05) is 19.1 Å². The summed E-state index contributed by atoms with van der Waals surface area (Å²) in [6, 6.07) is 8.20. The van der Waals surface area contributed by atoms with Crippen molar-refractivity contribution in [1.82, 2.24) is 0 Å². The molecule has 0 bridgehead atoms. The van der Waals surface area contributed by atoms with Gasteiger partial charge in [-0.1, -0.05) is 12.1 Å². The average Bonchev–Trinajstić information content (AvgIpc) is 3.29. The summed E-state index contributed by atoms with van der Waals surface area (Å²) in [5.41, 5.74) is 7.51. The van der Waals surface area contributed by atoms with E-state index in [1.54, 1.807) is 0 Å². The smallest absolute Gasteiger partial charge is 0.119 e. The molecule has 2 fully saturated rings. The lowest BCUT2D eigenvalue weighted by Crippen LogP contribution is -2.30. The van der Waals surface area contributed by atoms with Crippen molar-refractivity contribution in [2.45, 2.75) is 50.9 Å². The summed E-state index contributed by atoms with van der Waals surface area (Å²) < 4.78 is 11.6. The molecule has 0 aliphatic heterocycles. The molecule has 2 aliphatic carbocycles. The van der Waals surface area contributed by atoms with Gasteiger partial charge in [0.05, 0.1) is 18.2 Å². The van der Waals surface area contributed by atoms with Gasteiger partial charge in [0.2, 0.25) is 0 Å². The zero-order valence-electron chi connectivity index (χ0n) is 11.5. The van der Waals surface area contributed by atoms with Crippen LogP contribution in [-0.2, 0) is 4.74 Å². The predicted octanol–water partition coefficient (Wildman–Crippen LogP) is 3.04. The van der Waals surface area contributed by atoms with Crippen LogP contribution < -0.4 is 10.5 Å². The standard InChI is InChI=1S/C16H23NO2/c1-2-18-16(12-3-4-12)15(17)11-5-7-13(8-6-11)19-14-9-10-14/h5-8,12,14-16H,2-4,9-10,17H2,1H3. The van der Waals surface area contributed by atoms with Crippen LogP contribution in [-0.4, -0.2) is 18.8 Å². The van der Waals surface area contributed by atoms with E-state index in [0.29, 0.717) is 12.0 Å². The highest BCUT2D eigenvalue weighted by atomic mass is 16.5. The Labute approximate surface area is 115 Å². The van der Waals surface area contributed by atoms with E-state index in [2.05, 4.69) is 12.1 Å². The van der Waals surface area contributed by atoms with Gasteiger partial charge in [-0.15, -0.1) is 0 Å². The molecule has 19 heavy (non-hydrogen) atoms. The Kier molecular flexibility index (Phi) is 3.76. The number of hydrogen-bond acceptors (Lipinski definition) is 3. The molecule has 3 rings (SSSR count). The highest BCUT2D eigenvalue weighted by Gasteiger charge is 2.36. The molecule has 2 atom stereocenters. The zero-order chi connectivity index (χ0) is 13.2. The second kappa shape index (κ2) is 5.51. The molecule has 1 aromatic rings. The molecule has 0 spiro atoms. The highest BCUT2D eigenvalue weighted by molar-refractivity contribution is 5.30. The first-order chi connectivity index (χ1) is 9.28. The largest absolute Gasteiger partial charge is 0.490 e. The SMILES string of the molecule is CCOC(C1CC1)C(N)c1ccc(OC2CC2)cc1. The first kappa shape index (κ1) is 12.9. The average molecular weight is 261 g/mol. The Balaban J connectivity index is 1.65. The van der Waals surface area contributed by atoms with Gasteiger partial charge in [0.15, 0.2) is 0 Å². The number of hydrogen-bond donors (Lipinski definition) is 1. The zero-order valence-corrected chi connectivity index (χ0v) is 11.5. The van der Waals surface area contributed by atoms with Gasteiger partial charge in [-0.2, -0.15) is 0 Å². The van der Waals surface area contributed by atoms with Crippen molar-refractivity contribution in [2.75, 3.05) is 6.61 Å². The molecule has 0 amide bonds. The van der Waals surface area contributed by atoms with E-state index >= 15 is 0 Å². The van der Waals surface area contributed by atoms with Gasteiger partial charge in [-0.05, 0) is 56.2 Å². The molecule has 2 unspecified atom stereocenters. The van der Waals surface area contributed by atoms with Crippen LogP contribution in [0.1, 0.15) is 44.2 Å². The van der Waals surface area contributed by atoms with Crippen LogP contribution in [0.5, 0.6) is 5.75 Å². The Morgan fingerprint density at radius 2 is 1.84 bits per heavy atom. The molecule has 0 radical (unpaired) electrons. The molecule has 0 saturated heterocycles. The monoisotopic (exact) mass is 261 g/mol. The Morgan fingerprint density at radius 3 is 2.37 bits per heavy atom. The maximum atomic E-state index is 6.36. The molecule has 0 heterocycles. The summed E-state index contributed by atoms with van der Waals surface area (Å²) in [5, 5.41) is 0. The first-order valence-corrected chi connectivity index (χ1v) is 7.41. The summed E-state index contributed by atoms with van der Waals surface area (Å²) in [6.45, 7) is 2.77. The molecular formula is C16H23NO2. The number of benzene rings is 1. The minimum atomic E-state index is -0.0255. The lowest BCUT2D eigenvalue weighted by atomic mass is 9.99. The lowest BCUT2D eigenvalue weighted by molar-refractivity contribution is 0.0283. The fraction of sp³-hybridized carbons (Fsp3) is 0.625. The van der Waals surface area contributed by atoms with Crippen LogP contribution in [0, 0.1) is 5.92 Å². The minimum absolute atomic E-state index is 0.0255. The molecule has 2 saturated carbocycles. The molecule has 0 aromatic heterocycles. The maximum absolute atomic E-state index is 6.36. The number of nitrogens with two attached hydrogens (primary N) is 1. The topological polar surface area (TPSA) is 44.5 Å². The second-order valence-corrected chi connectivity index (χ2v) is 5.67. The van der Waals surface area contributed by atoms with Crippen molar-refractivity contribution in [3.8, 4) is 5.75 Å². The van der Waals surface area contributed by atoms with Crippen LogP contribution in [0.3, 0.4) is 0 Å². The Morgan fingerprint density at radius 1 is 1.16 bits per heavy atom. The Bertz CT molecular complexity index is 409. The van der Waals surface area contributed by atoms with Gasteiger partial charge in [-0.3, -0.25) is 0 Å². The Hall–Kier alpha value is -1.06. The summed E-state index contributed by atoms with van der Waals surface area (Å²) >= 11 is 0. The van der Waals surface area contributed by atoms with Crippen LogP contribution in [0.4, 0.5) is 0 Å². The quantitative estimate of drug-likeness (QED) is 0.820. The van der Waals surface area contributed by atoms with Crippen LogP contribution in [0.25, 0.3) is 0 Å². The van der Waals surface area contributed by atoms with Crippen molar-refractivity contribution < 1.29 is 9.47 Å². The maximum Gasteiger partial charge on any atom is 0.119 e. The fourth-order valence-electron chi connectivity index (χ4n) is 2.49. The third-order valence-electron chi connectivity index (χ3n) is 3.89. The van der Waals surface area contributed by atoms with Gasteiger partial charge in [-0.25, -0.2) is 0 Å². The summed E-state index contributed by atoms with van der Waals surface area (Å²) in [4.78, 5) is 0. The molecular weight excluding hydrogens is 238 g/mol. The molecule has 2 aliphatic rings. The molecule has 104 valence electrons. The van der Waals surface area contributed by atoms with E-state index < -0.39 is 0 Å². The third kappa shape index (κ3) is 3.28. The molecule has 3 nitrogen and oxygen atoms in total. The summed E-state index contributed by atoms with van der Waals surface area (Å²) in [7, 11) is 0. The van der Waals surface area contributed by atoms with Gasteiger partial charge in [0.1, 0.15) is 5.75 Å². The summed E-state index contributed by atoms with van der Waals surface area (Å²) in [5.74, 6) is 1.61. The molecule has 1 aromatic carbocycles. The van der Waals surface area contributed by atoms with Crippen LogP contribution >= 0.6 is 0 Å². The first-order valence-electron chi connectivity index (χ1n) is 7.41. The van der Waals surface area contributed by atoms with Crippen LogP contribution in [0.2, 0.25) is 0 Å². The van der Waals surface area contributed by atoms with E-state index in [4.69, 9.17) is 15.2 Å². The number of rotatable bonds is 7. The minimum Gasteiger partial charge on any atom is -0.490 e. The second-order valence-electron chi connectivity index (χ2n) is 5.67. The van der Waals surface area contributed by atoms with Gasteiger partial charge < -0.3 is 15.2 Å². The molecule has 3 heteroatoms. The highest BCUT2D eigenvalue weighted by Crippen LogP contribution is 2.39. The summed E-state index contributed by atoms with van der Waals surface area (Å²) in [6.07, 6.45) is 5.50. The van der Waals surface area contributed by atoms with Crippen molar-refractivity contribution in [2.24, 2.45) is 11.7 Å². The van der Waals surface area contributed by atoms with Gasteiger partial charge >= 0.3 is 0 Å². The van der Waals surface area contributed by atoms with E-state index in [-0.39, 0.29) is 12.1 Å². The number of ether oxygens (including phenoxy) is 2. The lowest BCUT2D eigenvalue weighted by Gasteiger charge is -2.24. The van der Waals surface area contributed by atoms with E-state index in [0.717, 1.165) is 17.9 Å². The van der Waals surface area contributed by atoms with Crippen molar-refractivity contribution >= 4 is 0 Å². The third-order valence-corrected chi connectivity index (χ3v) is 3.89. The van der Waals surface area contributed by atoms with Gasteiger partial charge in [0.25, 0.3) is 0 Å². The van der Waals surface area contributed by atoms with E-state index in [9.17, 15) is 0 Å². The van der Waals surface area contributed by atoms with Crippen molar-refractivity contribution in [3.05, 3.63) is 29.8 Å². The predicted molar refractivity (Wildman–Crippen MR) is 75.2 cm³/mol. The van der Waals surface area contributed by atoms with Crippen molar-refractivity contribution in [1.29, 1.82) is 0 Å². The van der Waals surface area contributed by atoms with E-state index in [1.165, 1.54) is 25.7 Å². The van der Waals surface area contributed by atoms with Crippen LogP contribution in [0.15, 0.2) is 24.3 Å². The van der Waals surface area contributed by atoms with Crippen molar-refractivity contribution in [3.63, 3.8) is 0 Å². The fourth-order valence-corrected chi connectivity index (χ4v) is 2.49.